The Hall–Kier alpha value is -0.830. The Kier molecular flexibility index (Phi) is 3.29. The minimum absolute atomic E-state index is 0.458. The third-order valence-corrected chi connectivity index (χ3v) is 1.91. The van der Waals surface area contributed by atoms with E-state index in [-0.39, 0.29) is 0 Å². The topological polar surface area (TPSA) is 38.1 Å². The zero-order valence-electron chi connectivity index (χ0n) is 7.92. The van der Waals surface area contributed by atoms with E-state index in [0.717, 1.165) is 24.4 Å². The molecule has 68 valence electrons. The average Bonchev–Trinajstić information content (AvgIpc) is 2.52. The van der Waals surface area contributed by atoms with Gasteiger partial charge in [0.25, 0.3) is 0 Å². The molecule has 1 unspecified atom stereocenters. The minimum Gasteiger partial charge on any atom is -0.449 e. The zero-order valence-corrected chi connectivity index (χ0v) is 7.92. The van der Waals surface area contributed by atoms with E-state index in [0.29, 0.717) is 6.04 Å². The van der Waals surface area contributed by atoms with Crippen LogP contribution < -0.4 is 5.32 Å². The quantitative estimate of drug-likeness (QED) is 0.738. The molecular formula is C9H16N2O. The van der Waals surface area contributed by atoms with Gasteiger partial charge in [0.1, 0.15) is 6.26 Å². The van der Waals surface area contributed by atoms with Crippen molar-refractivity contribution in [1.82, 2.24) is 10.3 Å². The first kappa shape index (κ1) is 9.26. The lowest BCUT2D eigenvalue weighted by Crippen LogP contribution is -2.23. The molecule has 0 aromatic carbocycles. The highest BCUT2D eigenvalue weighted by Gasteiger charge is 2.05. The Morgan fingerprint density at radius 2 is 2.42 bits per heavy atom. The largest absolute Gasteiger partial charge is 0.449 e. The molecule has 1 atom stereocenters. The second-order valence-electron chi connectivity index (χ2n) is 2.98. The van der Waals surface area contributed by atoms with E-state index in [2.05, 4.69) is 17.2 Å². The fourth-order valence-electron chi connectivity index (χ4n) is 1.02. The van der Waals surface area contributed by atoms with Gasteiger partial charge in [0.15, 0.2) is 5.89 Å². The zero-order chi connectivity index (χ0) is 8.97. The molecule has 0 spiro atoms. The highest BCUT2D eigenvalue weighted by Crippen LogP contribution is 2.04. The number of oxazole rings is 1. The van der Waals surface area contributed by atoms with Crippen LogP contribution in [-0.2, 0) is 12.8 Å². The molecule has 0 radical (unpaired) electrons. The van der Waals surface area contributed by atoms with E-state index in [9.17, 15) is 0 Å². The van der Waals surface area contributed by atoms with Crippen molar-refractivity contribution in [1.29, 1.82) is 0 Å². The van der Waals surface area contributed by atoms with Crippen LogP contribution in [0.1, 0.15) is 25.4 Å². The maximum absolute atomic E-state index is 5.22. The molecule has 1 N–H and O–H groups in total. The molecule has 3 nitrogen and oxygen atoms in total. The maximum Gasteiger partial charge on any atom is 0.193 e. The third-order valence-electron chi connectivity index (χ3n) is 1.91. The molecule has 1 aromatic heterocycles. The van der Waals surface area contributed by atoms with Crippen molar-refractivity contribution in [3.05, 3.63) is 17.8 Å². The van der Waals surface area contributed by atoms with Gasteiger partial charge in [-0.1, -0.05) is 6.92 Å². The summed E-state index contributed by atoms with van der Waals surface area (Å²) in [6.45, 7) is 4.16. The Morgan fingerprint density at radius 3 is 2.92 bits per heavy atom. The molecule has 0 aliphatic rings. The number of aromatic nitrogens is 1. The summed E-state index contributed by atoms with van der Waals surface area (Å²) >= 11 is 0. The first-order valence-corrected chi connectivity index (χ1v) is 4.36. The van der Waals surface area contributed by atoms with Gasteiger partial charge in [0, 0.05) is 18.9 Å². The SMILES string of the molecule is CCc1nc(CC(C)NC)co1. The second-order valence-corrected chi connectivity index (χ2v) is 2.98. The number of hydrogen-bond donors (Lipinski definition) is 1. The molecule has 0 saturated heterocycles. The summed E-state index contributed by atoms with van der Waals surface area (Å²) in [6.07, 6.45) is 3.54. The molecule has 0 saturated carbocycles. The molecule has 0 aliphatic carbocycles. The molecule has 3 heteroatoms. The van der Waals surface area contributed by atoms with Crippen molar-refractivity contribution in [3.63, 3.8) is 0 Å². The summed E-state index contributed by atoms with van der Waals surface area (Å²) in [5, 5.41) is 3.16. The van der Waals surface area contributed by atoms with Gasteiger partial charge in [0.2, 0.25) is 0 Å². The smallest absolute Gasteiger partial charge is 0.193 e. The average molecular weight is 168 g/mol. The van der Waals surface area contributed by atoms with Crippen LogP contribution in [0.25, 0.3) is 0 Å². The van der Waals surface area contributed by atoms with Crippen molar-refractivity contribution in [2.24, 2.45) is 0 Å². The van der Waals surface area contributed by atoms with E-state index in [1.54, 1.807) is 6.26 Å². The number of aryl methyl sites for hydroxylation is 1. The normalized spacial score (nSPS) is 13.2. The van der Waals surface area contributed by atoms with Gasteiger partial charge in [-0.3, -0.25) is 0 Å². The van der Waals surface area contributed by atoms with Crippen LogP contribution in [0.3, 0.4) is 0 Å². The molecule has 1 aromatic rings. The third kappa shape index (κ3) is 2.34. The van der Waals surface area contributed by atoms with Crippen LogP contribution in [0, 0.1) is 0 Å². The van der Waals surface area contributed by atoms with Crippen molar-refractivity contribution >= 4 is 0 Å². The van der Waals surface area contributed by atoms with Crippen molar-refractivity contribution in [2.45, 2.75) is 32.7 Å². The molecule has 0 fully saturated rings. The van der Waals surface area contributed by atoms with Crippen molar-refractivity contribution < 1.29 is 4.42 Å². The second kappa shape index (κ2) is 4.26. The fourth-order valence-corrected chi connectivity index (χ4v) is 1.02. The fraction of sp³-hybridized carbons (Fsp3) is 0.667. The van der Waals surface area contributed by atoms with E-state index < -0.39 is 0 Å². The number of likely N-dealkylation sites (N-methyl/N-ethyl adjacent to an activating group) is 1. The van der Waals surface area contributed by atoms with E-state index in [1.807, 2.05) is 14.0 Å². The highest BCUT2D eigenvalue weighted by atomic mass is 16.3. The number of hydrogen-bond acceptors (Lipinski definition) is 3. The van der Waals surface area contributed by atoms with Crippen LogP contribution in [0.5, 0.6) is 0 Å². The Morgan fingerprint density at radius 1 is 1.67 bits per heavy atom. The first-order chi connectivity index (χ1) is 5.76. The maximum atomic E-state index is 5.22. The summed E-state index contributed by atoms with van der Waals surface area (Å²) in [4.78, 5) is 4.31. The van der Waals surface area contributed by atoms with E-state index in [4.69, 9.17) is 4.42 Å². The number of nitrogens with zero attached hydrogens (tertiary/aromatic N) is 1. The van der Waals surface area contributed by atoms with E-state index in [1.165, 1.54) is 0 Å². The number of nitrogens with one attached hydrogen (secondary N) is 1. The summed E-state index contributed by atoms with van der Waals surface area (Å²) in [5.74, 6) is 0.827. The van der Waals surface area contributed by atoms with Crippen LogP contribution in [0.15, 0.2) is 10.7 Å². The summed E-state index contributed by atoms with van der Waals surface area (Å²) < 4.78 is 5.22. The van der Waals surface area contributed by atoms with Crippen LogP contribution in [-0.4, -0.2) is 18.1 Å². The van der Waals surface area contributed by atoms with Gasteiger partial charge < -0.3 is 9.73 Å². The minimum atomic E-state index is 0.458. The summed E-state index contributed by atoms with van der Waals surface area (Å²) in [5.41, 5.74) is 1.04. The van der Waals surface area contributed by atoms with Gasteiger partial charge in [-0.15, -0.1) is 0 Å². The van der Waals surface area contributed by atoms with Crippen molar-refractivity contribution in [3.8, 4) is 0 Å². The summed E-state index contributed by atoms with van der Waals surface area (Å²) in [6, 6.07) is 0.458. The van der Waals surface area contributed by atoms with E-state index >= 15 is 0 Å². The lowest BCUT2D eigenvalue weighted by Gasteiger charge is -2.05. The van der Waals surface area contributed by atoms with Crippen LogP contribution in [0.2, 0.25) is 0 Å². The molecular weight excluding hydrogens is 152 g/mol. The van der Waals surface area contributed by atoms with Gasteiger partial charge >= 0.3 is 0 Å². The van der Waals surface area contributed by atoms with Gasteiger partial charge in [0.05, 0.1) is 5.69 Å². The standard InChI is InChI=1S/C9H16N2O/c1-4-9-11-8(6-12-9)5-7(2)10-3/h6-7,10H,4-5H2,1-3H3. The van der Waals surface area contributed by atoms with Gasteiger partial charge in [-0.2, -0.15) is 0 Å². The molecule has 12 heavy (non-hydrogen) atoms. The molecule has 1 heterocycles. The lowest BCUT2D eigenvalue weighted by molar-refractivity contribution is 0.500. The molecule has 0 amide bonds. The van der Waals surface area contributed by atoms with Gasteiger partial charge in [-0.05, 0) is 14.0 Å². The first-order valence-electron chi connectivity index (χ1n) is 4.36. The molecule has 0 bridgehead atoms. The molecule has 0 aliphatic heterocycles. The Labute approximate surface area is 73.2 Å². The monoisotopic (exact) mass is 168 g/mol. The highest BCUT2D eigenvalue weighted by molar-refractivity contribution is 4.98. The lowest BCUT2D eigenvalue weighted by atomic mass is 10.2. The number of rotatable bonds is 4. The predicted molar refractivity (Wildman–Crippen MR) is 48.1 cm³/mol. The summed E-state index contributed by atoms with van der Waals surface area (Å²) in [7, 11) is 1.95. The van der Waals surface area contributed by atoms with Crippen LogP contribution in [0.4, 0.5) is 0 Å². The van der Waals surface area contributed by atoms with Crippen molar-refractivity contribution in [2.75, 3.05) is 7.05 Å². The predicted octanol–water partition coefficient (Wildman–Crippen LogP) is 1.39. The Balaban J connectivity index is 2.52. The molecule has 1 rings (SSSR count). The Bertz CT molecular complexity index is 232. The van der Waals surface area contributed by atoms with Gasteiger partial charge in [-0.25, -0.2) is 4.98 Å². The van der Waals surface area contributed by atoms with Crippen LogP contribution >= 0.6 is 0 Å².